The first-order valence-corrected chi connectivity index (χ1v) is 6.91. The summed E-state index contributed by atoms with van der Waals surface area (Å²) in [7, 11) is 4.06. The molecule has 1 heterocycles. The minimum absolute atomic E-state index is 0. The number of hydrogen-bond donors (Lipinski definition) is 2. The summed E-state index contributed by atoms with van der Waals surface area (Å²) in [6.07, 6.45) is 5.49. The molecule has 106 valence electrons. The fraction of sp³-hybridized carbons (Fsp3) is 0.923. The number of guanidine groups is 1. The SMILES string of the molecule is CN=C(NCC1CCC1)NCC1CCN(C)C1.I. The Labute approximate surface area is 128 Å². The van der Waals surface area contributed by atoms with Crippen molar-refractivity contribution < 1.29 is 0 Å². The van der Waals surface area contributed by atoms with Crippen LogP contribution in [0, 0.1) is 11.8 Å². The van der Waals surface area contributed by atoms with E-state index in [2.05, 4.69) is 27.6 Å². The van der Waals surface area contributed by atoms with Gasteiger partial charge in [-0.15, -0.1) is 24.0 Å². The maximum absolute atomic E-state index is 4.28. The lowest BCUT2D eigenvalue weighted by Gasteiger charge is -2.26. The van der Waals surface area contributed by atoms with Gasteiger partial charge in [0, 0.05) is 26.7 Å². The number of nitrogens with zero attached hydrogens (tertiary/aromatic N) is 2. The van der Waals surface area contributed by atoms with Crippen molar-refractivity contribution in [2.45, 2.75) is 25.7 Å². The zero-order valence-corrected chi connectivity index (χ0v) is 13.9. The predicted molar refractivity (Wildman–Crippen MR) is 87.7 cm³/mol. The Morgan fingerprint density at radius 3 is 2.28 bits per heavy atom. The number of nitrogens with one attached hydrogen (secondary N) is 2. The Morgan fingerprint density at radius 1 is 1.17 bits per heavy atom. The molecule has 1 aliphatic carbocycles. The highest BCUT2D eigenvalue weighted by Crippen LogP contribution is 2.25. The third-order valence-corrected chi connectivity index (χ3v) is 4.05. The first kappa shape index (κ1) is 16.0. The quantitative estimate of drug-likeness (QED) is 0.450. The van der Waals surface area contributed by atoms with Crippen LogP contribution in [0.5, 0.6) is 0 Å². The van der Waals surface area contributed by atoms with Crippen LogP contribution in [0.1, 0.15) is 25.7 Å². The zero-order chi connectivity index (χ0) is 12.1. The second-order valence-electron chi connectivity index (χ2n) is 5.55. The fourth-order valence-corrected chi connectivity index (χ4v) is 2.59. The van der Waals surface area contributed by atoms with E-state index >= 15 is 0 Å². The minimum atomic E-state index is 0. The molecule has 0 bridgehead atoms. The van der Waals surface area contributed by atoms with Crippen LogP contribution in [0.25, 0.3) is 0 Å². The van der Waals surface area contributed by atoms with E-state index in [1.54, 1.807) is 0 Å². The van der Waals surface area contributed by atoms with Crippen LogP contribution in [0.15, 0.2) is 4.99 Å². The van der Waals surface area contributed by atoms with E-state index < -0.39 is 0 Å². The second-order valence-corrected chi connectivity index (χ2v) is 5.55. The summed E-state index contributed by atoms with van der Waals surface area (Å²) in [5.41, 5.74) is 0. The number of rotatable bonds is 4. The summed E-state index contributed by atoms with van der Waals surface area (Å²) >= 11 is 0. The summed E-state index contributed by atoms with van der Waals surface area (Å²) < 4.78 is 0. The Balaban J connectivity index is 0.00000162. The van der Waals surface area contributed by atoms with E-state index in [1.165, 1.54) is 38.8 Å². The summed E-state index contributed by atoms with van der Waals surface area (Å²) in [4.78, 5) is 6.68. The Bertz CT molecular complexity index is 266. The third-order valence-electron chi connectivity index (χ3n) is 4.05. The summed E-state index contributed by atoms with van der Waals surface area (Å²) in [5.74, 6) is 2.64. The van der Waals surface area contributed by atoms with E-state index in [4.69, 9.17) is 0 Å². The lowest BCUT2D eigenvalue weighted by Crippen LogP contribution is -2.42. The molecular formula is C13H27IN4. The molecule has 2 aliphatic rings. The van der Waals surface area contributed by atoms with Crippen molar-refractivity contribution in [3.63, 3.8) is 0 Å². The molecule has 2 rings (SSSR count). The van der Waals surface area contributed by atoms with Crippen LogP contribution in [0.4, 0.5) is 0 Å². The molecule has 18 heavy (non-hydrogen) atoms. The molecule has 2 N–H and O–H groups in total. The maximum atomic E-state index is 4.28. The van der Waals surface area contributed by atoms with Gasteiger partial charge in [-0.25, -0.2) is 0 Å². The van der Waals surface area contributed by atoms with Crippen LogP contribution < -0.4 is 10.6 Å². The van der Waals surface area contributed by atoms with Gasteiger partial charge in [0.2, 0.25) is 0 Å². The highest BCUT2D eigenvalue weighted by atomic mass is 127. The van der Waals surface area contributed by atoms with Crippen molar-refractivity contribution >= 4 is 29.9 Å². The molecule has 2 fully saturated rings. The molecule has 0 aromatic carbocycles. The monoisotopic (exact) mass is 366 g/mol. The Hall–Kier alpha value is -0.0400. The van der Waals surface area contributed by atoms with E-state index in [1.807, 2.05) is 7.05 Å². The molecular weight excluding hydrogens is 339 g/mol. The largest absolute Gasteiger partial charge is 0.356 e. The normalized spacial score (nSPS) is 25.4. The second kappa shape index (κ2) is 8.19. The van der Waals surface area contributed by atoms with Gasteiger partial charge in [-0.1, -0.05) is 6.42 Å². The molecule has 5 heteroatoms. The van der Waals surface area contributed by atoms with E-state index in [-0.39, 0.29) is 24.0 Å². The first-order chi connectivity index (χ1) is 8.28. The molecule has 1 unspecified atom stereocenters. The summed E-state index contributed by atoms with van der Waals surface area (Å²) in [6.45, 7) is 4.59. The molecule has 1 atom stereocenters. The van der Waals surface area contributed by atoms with Gasteiger partial charge < -0.3 is 15.5 Å². The van der Waals surface area contributed by atoms with Crippen LogP contribution in [0.2, 0.25) is 0 Å². The molecule has 1 saturated heterocycles. The van der Waals surface area contributed by atoms with Gasteiger partial charge in [0.1, 0.15) is 0 Å². The Kier molecular flexibility index (Phi) is 7.29. The van der Waals surface area contributed by atoms with Gasteiger partial charge in [0.25, 0.3) is 0 Å². The predicted octanol–water partition coefficient (Wildman–Crippen LogP) is 1.52. The van der Waals surface area contributed by atoms with E-state index in [0.29, 0.717) is 0 Å². The third kappa shape index (κ3) is 4.91. The average molecular weight is 366 g/mol. The van der Waals surface area contributed by atoms with Gasteiger partial charge in [-0.05, 0) is 44.7 Å². The highest BCUT2D eigenvalue weighted by Gasteiger charge is 2.20. The van der Waals surface area contributed by atoms with Gasteiger partial charge in [0.15, 0.2) is 5.96 Å². The van der Waals surface area contributed by atoms with Gasteiger partial charge in [-0.2, -0.15) is 0 Å². The van der Waals surface area contributed by atoms with Crippen LogP contribution in [-0.2, 0) is 0 Å². The first-order valence-electron chi connectivity index (χ1n) is 6.91. The number of likely N-dealkylation sites (tertiary alicyclic amines) is 1. The summed E-state index contributed by atoms with van der Waals surface area (Å²) in [6, 6.07) is 0. The van der Waals surface area contributed by atoms with Crippen LogP contribution >= 0.6 is 24.0 Å². The van der Waals surface area contributed by atoms with E-state index in [0.717, 1.165) is 30.9 Å². The van der Waals surface area contributed by atoms with Crippen LogP contribution in [0.3, 0.4) is 0 Å². The minimum Gasteiger partial charge on any atom is -0.356 e. The number of halogens is 1. The lowest BCUT2D eigenvalue weighted by atomic mass is 9.85. The van der Waals surface area contributed by atoms with Crippen molar-refractivity contribution in [2.75, 3.05) is 40.3 Å². The molecule has 1 saturated carbocycles. The van der Waals surface area contributed by atoms with Crippen molar-refractivity contribution in [1.29, 1.82) is 0 Å². The van der Waals surface area contributed by atoms with Crippen molar-refractivity contribution in [2.24, 2.45) is 16.8 Å². The molecule has 1 aliphatic heterocycles. The summed E-state index contributed by atoms with van der Waals surface area (Å²) in [5, 5.41) is 6.88. The number of hydrogen-bond acceptors (Lipinski definition) is 2. The molecule has 0 aromatic rings. The standard InChI is InChI=1S/C13H26N4.HI/c1-14-13(15-8-11-4-3-5-11)16-9-12-6-7-17(2)10-12;/h11-12H,3-10H2,1-2H3,(H2,14,15,16);1H. The van der Waals surface area contributed by atoms with E-state index in [9.17, 15) is 0 Å². The topological polar surface area (TPSA) is 39.7 Å². The average Bonchev–Trinajstić information content (AvgIpc) is 2.67. The van der Waals surface area contributed by atoms with Gasteiger partial charge in [-0.3, -0.25) is 4.99 Å². The molecule has 0 aromatic heterocycles. The van der Waals surface area contributed by atoms with Crippen molar-refractivity contribution in [3.8, 4) is 0 Å². The molecule has 0 spiro atoms. The van der Waals surface area contributed by atoms with Crippen LogP contribution in [-0.4, -0.2) is 51.1 Å². The highest BCUT2D eigenvalue weighted by molar-refractivity contribution is 14.0. The fourth-order valence-electron chi connectivity index (χ4n) is 2.59. The smallest absolute Gasteiger partial charge is 0.190 e. The zero-order valence-electron chi connectivity index (χ0n) is 11.6. The maximum Gasteiger partial charge on any atom is 0.190 e. The molecule has 0 radical (unpaired) electrons. The Morgan fingerprint density at radius 2 is 1.83 bits per heavy atom. The van der Waals surface area contributed by atoms with Crippen molar-refractivity contribution in [1.82, 2.24) is 15.5 Å². The van der Waals surface area contributed by atoms with Crippen molar-refractivity contribution in [3.05, 3.63) is 0 Å². The lowest BCUT2D eigenvalue weighted by molar-refractivity contribution is 0.314. The molecule has 4 nitrogen and oxygen atoms in total. The molecule has 0 amide bonds. The number of aliphatic imine (C=N–C) groups is 1. The van der Waals surface area contributed by atoms with Gasteiger partial charge >= 0.3 is 0 Å². The van der Waals surface area contributed by atoms with Gasteiger partial charge in [0.05, 0.1) is 0 Å².